The van der Waals surface area contributed by atoms with Gasteiger partial charge in [0.2, 0.25) is 0 Å². The molecular formula is C22H37N5O. The fourth-order valence-corrected chi connectivity index (χ4v) is 4.15. The smallest absolute Gasteiger partial charge is 0.193 e. The minimum atomic E-state index is 0.519. The lowest BCUT2D eigenvalue weighted by atomic mass is 10.1. The highest BCUT2D eigenvalue weighted by atomic mass is 16.5. The van der Waals surface area contributed by atoms with Crippen molar-refractivity contribution >= 4 is 5.96 Å². The largest absolute Gasteiger partial charge is 0.379 e. The summed E-state index contributed by atoms with van der Waals surface area (Å²) in [5.74, 6) is 1.05. The Balaban J connectivity index is 1.39. The Labute approximate surface area is 170 Å². The molecule has 28 heavy (non-hydrogen) atoms. The molecule has 0 amide bonds. The maximum Gasteiger partial charge on any atom is 0.193 e. The van der Waals surface area contributed by atoms with Crippen molar-refractivity contribution in [3.05, 3.63) is 35.9 Å². The lowest BCUT2D eigenvalue weighted by Crippen LogP contribution is -2.47. The van der Waals surface area contributed by atoms with Crippen LogP contribution >= 0.6 is 0 Å². The topological polar surface area (TPSA) is 43.3 Å². The van der Waals surface area contributed by atoms with Crippen molar-refractivity contribution in [3.63, 3.8) is 0 Å². The van der Waals surface area contributed by atoms with Crippen molar-refractivity contribution in [1.82, 2.24) is 20.0 Å². The van der Waals surface area contributed by atoms with Crippen molar-refractivity contribution < 1.29 is 4.74 Å². The van der Waals surface area contributed by atoms with Crippen molar-refractivity contribution in [1.29, 1.82) is 0 Å². The van der Waals surface area contributed by atoms with Crippen LogP contribution in [0.15, 0.2) is 35.3 Å². The SMILES string of the molecule is CN=C(NCCC(C)N(C)Cc1ccccc1)N1CCC(N2CCOCC2)C1. The quantitative estimate of drug-likeness (QED) is 0.572. The molecule has 2 saturated heterocycles. The maximum atomic E-state index is 5.49. The van der Waals surface area contributed by atoms with Gasteiger partial charge in [-0.05, 0) is 32.4 Å². The Bertz CT molecular complexity index is 602. The normalized spacial score (nSPS) is 22.6. The molecule has 1 aromatic carbocycles. The van der Waals surface area contributed by atoms with E-state index in [1.807, 2.05) is 7.05 Å². The molecule has 2 heterocycles. The predicted octanol–water partition coefficient (Wildman–Crippen LogP) is 1.88. The summed E-state index contributed by atoms with van der Waals surface area (Å²) in [6, 6.07) is 11.8. The Hall–Kier alpha value is -1.63. The molecule has 0 spiro atoms. The van der Waals surface area contributed by atoms with E-state index in [-0.39, 0.29) is 0 Å². The third-order valence-corrected chi connectivity index (χ3v) is 6.11. The van der Waals surface area contributed by atoms with Gasteiger partial charge in [0.05, 0.1) is 13.2 Å². The molecule has 2 aliphatic heterocycles. The molecule has 2 atom stereocenters. The Morgan fingerprint density at radius 2 is 2.00 bits per heavy atom. The van der Waals surface area contributed by atoms with E-state index >= 15 is 0 Å². The van der Waals surface area contributed by atoms with Crippen molar-refractivity contribution in [2.45, 2.75) is 38.4 Å². The molecule has 1 aromatic rings. The molecule has 0 aromatic heterocycles. The third-order valence-electron chi connectivity index (χ3n) is 6.11. The zero-order valence-corrected chi connectivity index (χ0v) is 17.8. The molecule has 2 fully saturated rings. The van der Waals surface area contributed by atoms with Crippen LogP contribution in [-0.2, 0) is 11.3 Å². The standard InChI is InChI=1S/C22H37N5O/c1-19(25(3)17-20-7-5-4-6-8-20)9-11-24-22(23-2)27-12-10-21(18-27)26-13-15-28-16-14-26/h4-8,19,21H,9-18H2,1-3H3,(H,23,24). The van der Waals surface area contributed by atoms with E-state index in [0.717, 1.165) is 64.9 Å². The second-order valence-corrected chi connectivity index (χ2v) is 8.05. The molecular weight excluding hydrogens is 350 g/mol. The van der Waals surface area contributed by atoms with Gasteiger partial charge >= 0.3 is 0 Å². The molecule has 2 unspecified atom stereocenters. The summed E-state index contributed by atoms with van der Waals surface area (Å²) < 4.78 is 5.49. The summed E-state index contributed by atoms with van der Waals surface area (Å²) in [5, 5.41) is 3.59. The number of ether oxygens (including phenoxy) is 1. The highest BCUT2D eigenvalue weighted by molar-refractivity contribution is 5.80. The lowest BCUT2D eigenvalue weighted by Gasteiger charge is -2.32. The van der Waals surface area contributed by atoms with Crippen molar-refractivity contribution in [2.24, 2.45) is 4.99 Å². The summed E-state index contributed by atoms with van der Waals surface area (Å²) >= 11 is 0. The van der Waals surface area contributed by atoms with Crippen LogP contribution in [0, 0.1) is 0 Å². The molecule has 2 aliphatic rings. The Morgan fingerprint density at radius 1 is 1.25 bits per heavy atom. The average molecular weight is 388 g/mol. The number of rotatable bonds is 7. The fraction of sp³-hybridized carbons (Fsp3) is 0.682. The summed E-state index contributed by atoms with van der Waals surface area (Å²) in [6.45, 7) is 10.3. The van der Waals surface area contributed by atoms with Gasteiger partial charge in [0.15, 0.2) is 5.96 Å². The van der Waals surface area contributed by atoms with Crippen LogP contribution in [0.2, 0.25) is 0 Å². The number of hydrogen-bond acceptors (Lipinski definition) is 4. The summed E-state index contributed by atoms with van der Waals surface area (Å²) in [4.78, 5) is 12.0. The van der Waals surface area contributed by atoms with Gasteiger partial charge in [0.1, 0.15) is 0 Å². The first kappa shape index (κ1) is 21.1. The number of hydrogen-bond donors (Lipinski definition) is 1. The van der Waals surface area contributed by atoms with Crippen LogP contribution in [0.1, 0.15) is 25.3 Å². The van der Waals surface area contributed by atoms with E-state index in [0.29, 0.717) is 12.1 Å². The van der Waals surface area contributed by atoms with Crippen LogP contribution in [0.5, 0.6) is 0 Å². The predicted molar refractivity (Wildman–Crippen MR) is 116 cm³/mol. The fourth-order valence-electron chi connectivity index (χ4n) is 4.15. The van der Waals surface area contributed by atoms with Gasteiger partial charge in [-0.2, -0.15) is 0 Å². The van der Waals surface area contributed by atoms with E-state index in [2.05, 4.69) is 69.3 Å². The van der Waals surface area contributed by atoms with Gasteiger partial charge in [0.25, 0.3) is 0 Å². The van der Waals surface area contributed by atoms with Gasteiger partial charge in [-0.1, -0.05) is 30.3 Å². The number of aliphatic imine (C=N–C) groups is 1. The Morgan fingerprint density at radius 3 is 2.71 bits per heavy atom. The average Bonchev–Trinajstić information content (AvgIpc) is 3.22. The zero-order valence-electron chi connectivity index (χ0n) is 17.8. The number of morpholine rings is 1. The minimum absolute atomic E-state index is 0.519. The summed E-state index contributed by atoms with van der Waals surface area (Å²) in [7, 11) is 4.11. The van der Waals surface area contributed by atoms with Gasteiger partial charge in [-0.15, -0.1) is 0 Å². The number of benzene rings is 1. The van der Waals surface area contributed by atoms with Gasteiger partial charge < -0.3 is 15.0 Å². The number of nitrogens with zero attached hydrogens (tertiary/aromatic N) is 4. The van der Waals surface area contributed by atoms with E-state index in [4.69, 9.17) is 4.74 Å². The second kappa shape index (κ2) is 10.8. The van der Waals surface area contributed by atoms with Crippen LogP contribution in [0.25, 0.3) is 0 Å². The highest BCUT2D eigenvalue weighted by Crippen LogP contribution is 2.17. The summed E-state index contributed by atoms with van der Waals surface area (Å²) in [6.07, 6.45) is 2.32. The monoisotopic (exact) mass is 387 g/mol. The van der Waals surface area contributed by atoms with Crippen LogP contribution < -0.4 is 5.32 Å². The molecule has 0 aliphatic carbocycles. The number of nitrogens with one attached hydrogen (secondary N) is 1. The molecule has 6 nitrogen and oxygen atoms in total. The van der Waals surface area contributed by atoms with Gasteiger partial charge in [0, 0.05) is 58.4 Å². The molecule has 6 heteroatoms. The first-order valence-corrected chi connectivity index (χ1v) is 10.7. The van der Waals surface area contributed by atoms with Crippen molar-refractivity contribution in [2.75, 3.05) is 60.0 Å². The van der Waals surface area contributed by atoms with E-state index in [1.165, 1.54) is 12.0 Å². The lowest BCUT2D eigenvalue weighted by molar-refractivity contribution is 0.0195. The van der Waals surface area contributed by atoms with Crippen LogP contribution in [0.3, 0.4) is 0 Å². The molecule has 1 N–H and O–H groups in total. The third kappa shape index (κ3) is 5.93. The van der Waals surface area contributed by atoms with Crippen LogP contribution in [-0.4, -0.2) is 92.8 Å². The molecule has 0 bridgehead atoms. The van der Waals surface area contributed by atoms with E-state index < -0.39 is 0 Å². The molecule has 3 rings (SSSR count). The first-order valence-electron chi connectivity index (χ1n) is 10.7. The number of guanidine groups is 1. The minimum Gasteiger partial charge on any atom is -0.379 e. The molecule has 0 radical (unpaired) electrons. The van der Waals surface area contributed by atoms with E-state index in [9.17, 15) is 0 Å². The number of likely N-dealkylation sites (tertiary alicyclic amines) is 1. The molecule has 0 saturated carbocycles. The van der Waals surface area contributed by atoms with Crippen molar-refractivity contribution in [3.8, 4) is 0 Å². The highest BCUT2D eigenvalue weighted by Gasteiger charge is 2.30. The summed E-state index contributed by atoms with van der Waals surface area (Å²) in [5.41, 5.74) is 1.37. The Kier molecular flexibility index (Phi) is 8.13. The van der Waals surface area contributed by atoms with Crippen LogP contribution in [0.4, 0.5) is 0 Å². The first-order chi connectivity index (χ1) is 13.7. The van der Waals surface area contributed by atoms with Gasteiger partial charge in [-0.25, -0.2) is 0 Å². The van der Waals surface area contributed by atoms with Gasteiger partial charge in [-0.3, -0.25) is 14.8 Å². The maximum absolute atomic E-state index is 5.49. The second-order valence-electron chi connectivity index (χ2n) is 8.05. The zero-order chi connectivity index (χ0) is 19.8. The van der Waals surface area contributed by atoms with E-state index in [1.54, 1.807) is 0 Å². The molecule has 156 valence electrons.